The first-order valence-electron chi connectivity index (χ1n) is 9.34. The van der Waals surface area contributed by atoms with Gasteiger partial charge in [-0.25, -0.2) is 13.5 Å². The Labute approximate surface area is 166 Å². The zero-order chi connectivity index (χ0) is 20.5. The van der Waals surface area contributed by atoms with Crippen LogP contribution in [0.2, 0.25) is 0 Å². The number of aromatic amines is 1. The predicted octanol–water partition coefficient (Wildman–Crippen LogP) is 4.94. The van der Waals surface area contributed by atoms with Crippen LogP contribution in [0.1, 0.15) is 56.2 Å². The summed E-state index contributed by atoms with van der Waals surface area (Å²) in [6, 6.07) is 12.5. The smallest absolute Gasteiger partial charge is 0.249 e. The zero-order valence-corrected chi connectivity index (χ0v) is 17.6. The highest BCUT2D eigenvalue weighted by molar-refractivity contribution is 7.91. The van der Waals surface area contributed by atoms with Gasteiger partial charge in [0, 0.05) is 5.69 Å². The molecule has 0 bridgehead atoms. The number of aromatic nitrogens is 3. The standard InChI is InChI=1S/C21H26N4O2S/c1-13(2)17-11-15(5)12-18(14(3)4)19(17)22-20-23-21(25-24-20)28(26,27)16-9-7-6-8-10-16/h6-14H,1-5H3,(H2,22,23,24,25). The number of sulfone groups is 1. The van der Waals surface area contributed by atoms with E-state index in [1.54, 1.807) is 30.3 Å². The molecule has 0 aliphatic carbocycles. The summed E-state index contributed by atoms with van der Waals surface area (Å²) in [5.41, 5.74) is 4.44. The van der Waals surface area contributed by atoms with Crippen molar-refractivity contribution in [2.24, 2.45) is 0 Å². The van der Waals surface area contributed by atoms with Gasteiger partial charge in [-0.2, -0.15) is 4.98 Å². The fourth-order valence-electron chi connectivity index (χ4n) is 3.14. The highest BCUT2D eigenvalue weighted by Gasteiger charge is 2.23. The third-order valence-corrected chi connectivity index (χ3v) is 6.18. The van der Waals surface area contributed by atoms with E-state index in [9.17, 15) is 8.42 Å². The molecule has 0 aliphatic heterocycles. The number of aryl methyl sites for hydroxylation is 1. The van der Waals surface area contributed by atoms with Gasteiger partial charge in [0.2, 0.25) is 20.9 Å². The van der Waals surface area contributed by atoms with Gasteiger partial charge in [-0.15, -0.1) is 5.10 Å². The van der Waals surface area contributed by atoms with Gasteiger partial charge in [-0.1, -0.05) is 63.6 Å². The van der Waals surface area contributed by atoms with Crippen molar-refractivity contribution in [3.8, 4) is 0 Å². The quantitative estimate of drug-likeness (QED) is 0.614. The molecule has 2 aromatic carbocycles. The second-order valence-corrected chi connectivity index (χ2v) is 9.40. The molecule has 2 N–H and O–H groups in total. The van der Waals surface area contributed by atoms with Crippen molar-refractivity contribution in [2.75, 3.05) is 5.32 Å². The number of anilines is 2. The van der Waals surface area contributed by atoms with Crippen LogP contribution < -0.4 is 5.32 Å². The first-order chi connectivity index (χ1) is 13.2. The number of H-pyrrole nitrogens is 1. The average Bonchev–Trinajstić information content (AvgIpc) is 3.12. The second kappa shape index (κ2) is 7.75. The van der Waals surface area contributed by atoms with Crippen LogP contribution in [0, 0.1) is 6.92 Å². The number of benzene rings is 2. The Morgan fingerprint density at radius 2 is 1.54 bits per heavy atom. The zero-order valence-electron chi connectivity index (χ0n) is 16.8. The lowest BCUT2D eigenvalue weighted by atomic mass is 9.90. The van der Waals surface area contributed by atoms with Crippen LogP contribution in [0.4, 0.5) is 11.6 Å². The van der Waals surface area contributed by atoms with Crippen LogP contribution in [-0.2, 0) is 9.84 Å². The summed E-state index contributed by atoms with van der Waals surface area (Å²) < 4.78 is 25.5. The van der Waals surface area contributed by atoms with Gasteiger partial charge in [0.1, 0.15) is 0 Å². The summed E-state index contributed by atoms with van der Waals surface area (Å²) in [5, 5.41) is 9.74. The summed E-state index contributed by atoms with van der Waals surface area (Å²) in [6.45, 7) is 10.6. The normalized spacial score (nSPS) is 12.0. The lowest BCUT2D eigenvalue weighted by Gasteiger charge is -2.20. The molecule has 1 heterocycles. The third-order valence-electron chi connectivity index (χ3n) is 4.60. The Morgan fingerprint density at radius 3 is 2.07 bits per heavy atom. The highest BCUT2D eigenvalue weighted by atomic mass is 32.2. The van der Waals surface area contributed by atoms with Crippen LogP contribution in [0.25, 0.3) is 0 Å². The Hall–Kier alpha value is -2.67. The fourth-order valence-corrected chi connectivity index (χ4v) is 4.26. The summed E-state index contributed by atoms with van der Waals surface area (Å²) in [6.07, 6.45) is 0. The largest absolute Gasteiger partial charge is 0.322 e. The van der Waals surface area contributed by atoms with E-state index >= 15 is 0 Å². The molecule has 1 aromatic heterocycles. The monoisotopic (exact) mass is 398 g/mol. The van der Waals surface area contributed by atoms with Crippen LogP contribution in [0.3, 0.4) is 0 Å². The van der Waals surface area contributed by atoms with Crippen LogP contribution in [0.15, 0.2) is 52.5 Å². The number of hydrogen-bond donors (Lipinski definition) is 2. The first kappa shape index (κ1) is 20.1. The van der Waals surface area contributed by atoms with Gasteiger partial charge < -0.3 is 5.32 Å². The molecule has 0 saturated heterocycles. The maximum Gasteiger partial charge on any atom is 0.249 e. The molecule has 28 heavy (non-hydrogen) atoms. The molecule has 7 heteroatoms. The van der Waals surface area contributed by atoms with E-state index in [4.69, 9.17) is 0 Å². The van der Waals surface area contributed by atoms with E-state index in [0.29, 0.717) is 11.8 Å². The molecule has 0 unspecified atom stereocenters. The molecular formula is C21H26N4O2S. The number of rotatable bonds is 6. The minimum atomic E-state index is -3.74. The van der Waals surface area contributed by atoms with Crippen molar-refractivity contribution < 1.29 is 8.42 Å². The number of nitrogens with zero attached hydrogens (tertiary/aromatic N) is 2. The Kier molecular flexibility index (Phi) is 5.56. The Morgan fingerprint density at radius 1 is 0.964 bits per heavy atom. The van der Waals surface area contributed by atoms with Crippen molar-refractivity contribution in [3.05, 3.63) is 59.2 Å². The third kappa shape index (κ3) is 3.94. The van der Waals surface area contributed by atoms with E-state index in [0.717, 1.165) is 16.8 Å². The molecule has 3 aromatic rings. The summed E-state index contributed by atoms with van der Waals surface area (Å²) in [7, 11) is -3.74. The van der Waals surface area contributed by atoms with E-state index in [1.165, 1.54) is 5.56 Å². The molecule has 148 valence electrons. The van der Waals surface area contributed by atoms with Gasteiger partial charge in [-0.3, -0.25) is 0 Å². The Balaban J connectivity index is 2.01. The van der Waals surface area contributed by atoms with Crippen molar-refractivity contribution in [3.63, 3.8) is 0 Å². The summed E-state index contributed by atoms with van der Waals surface area (Å²) in [4.78, 5) is 4.39. The first-order valence-corrected chi connectivity index (χ1v) is 10.8. The molecule has 0 saturated carbocycles. The van der Waals surface area contributed by atoms with Gasteiger partial charge in [-0.05, 0) is 42.0 Å². The van der Waals surface area contributed by atoms with Crippen LogP contribution >= 0.6 is 0 Å². The molecule has 0 fully saturated rings. The van der Waals surface area contributed by atoms with Gasteiger partial charge in [0.15, 0.2) is 0 Å². The fraction of sp³-hybridized carbons (Fsp3) is 0.333. The SMILES string of the molecule is Cc1cc(C(C)C)c(Nc2n[nH]c(S(=O)(=O)c3ccccc3)n2)c(C(C)C)c1. The average molecular weight is 399 g/mol. The number of nitrogens with one attached hydrogen (secondary N) is 2. The lowest BCUT2D eigenvalue weighted by molar-refractivity contribution is 0.588. The molecule has 3 rings (SSSR count). The lowest BCUT2D eigenvalue weighted by Crippen LogP contribution is -2.06. The molecule has 0 amide bonds. The van der Waals surface area contributed by atoms with E-state index in [1.807, 2.05) is 0 Å². The van der Waals surface area contributed by atoms with Crippen molar-refractivity contribution >= 4 is 21.5 Å². The minimum Gasteiger partial charge on any atom is -0.322 e. The van der Waals surface area contributed by atoms with Crippen LogP contribution in [0.5, 0.6) is 0 Å². The minimum absolute atomic E-state index is 0.175. The van der Waals surface area contributed by atoms with Crippen molar-refractivity contribution in [1.29, 1.82) is 0 Å². The van der Waals surface area contributed by atoms with E-state index < -0.39 is 9.84 Å². The van der Waals surface area contributed by atoms with E-state index in [2.05, 4.69) is 67.2 Å². The Bertz CT molecular complexity index is 1040. The molecule has 6 nitrogen and oxygen atoms in total. The molecule has 0 atom stereocenters. The maximum atomic E-state index is 12.7. The van der Waals surface area contributed by atoms with Gasteiger partial charge >= 0.3 is 0 Å². The van der Waals surface area contributed by atoms with Crippen molar-refractivity contribution in [1.82, 2.24) is 15.2 Å². The van der Waals surface area contributed by atoms with Gasteiger partial charge in [0.25, 0.3) is 0 Å². The van der Waals surface area contributed by atoms with Gasteiger partial charge in [0.05, 0.1) is 4.90 Å². The topological polar surface area (TPSA) is 87.7 Å². The van der Waals surface area contributed by atoms with Crippen LogP contribution in [-0.4, -0.2) is 23.6 Å². The number of hydrogen-bond acceptors (Lipinski definition) is 5. The molecule has 0 spiro atoms. The summed E-state index contributed by atoms with van der Waals surface area (Å²) in [5.74, 6) is 0.833. The predicted molar refractivity (Wildman–Crippen MR) is 111 cm³/mol. The molecule has 0 radical (unpaired) electrons. The highest BCUT2D eigenvalue weighted by Crippen LogP contribution is 2.35. The second-order valence-electron chi connectivity index (χ2n) is 7.53. The van der Waals surface area contributed by atoms with E-state index in [-0.39, 0.29) is 16.0 Å². The molecule has 0 aliphatic rings. The molecular weight excluding hydrogens is 372 g/mol. The summed E-state index contributed by atoms with van der Waals surface area (Å²) >= 11 is 0. The maximum absolute atomic E-state index is 12.7. The van der Waals surface area contributed by atoms with Crippen molar-refractivity contribution in [2.45, 2.75) is 56.5 Å².